The van der Waals surface area contributed by atoms with E-state index in [9.17, 15) is 13.2 Å². The SMILES string of the molecule is Cc1noc(/C=C/c2cccs2)c1S(=O)(=O)N1CCC[C@H](C(=O)N2CCCCC2)C1. The molecule has 4 rings (SSSR count). The Morgan fingerprint density at radius 2 is 2.00 bits per heavy atom. The van der Waals surface area contributed by atoms with Crippen molar-refractivity contribution in [3.63, 3.8) is 0 Å². The van der Waals surface area contributed by atoms with E-state index in [1.54, 1.807) is 24.3 Å². The first-order valence-corrected chi connectivity index (χ1v) is 12.8. The first-order chi connectivity index (χ1) is 14.5. The number of hydrogen-bond acceptors (Lipinski definition) is 6. The van der Waals surface area contributed by atoms with E-state index < -0.39 is 10.0 Å². The molecule has 2 aromatic rings. The van der Waals surface area contributed by atoms with Gasteiger partial charge >= 0.3 is 0 Å². The summed E-state index contributed by atoms with van der Waals surface area (Å²) in [5.41, 5.74) is 0.338. The first kappa shape index (κ1) is 21.3. The van der Waals surface area contributed by atoms with Gasteiger partial charge in [-0.2, -0.15) is 4.31 Å². The molecule has 0 N–H and O–H groups in total. The molecule has 0 bridgehead atoms. The molecule has 1 amide bonds. The molecule has 2 aliphatic heterocycles. The largest absolute Gasteiger partial charge is 0.355 e. The number of carbonyl (C=O) groups excluding carboxylic acids is 1. The van der Waals surface area contributed by atoms with Gasteiger partial charge in [0.25, 0.3) is 0 Å². The lowest BCUT2D eigenvalue weighted by Crippen LogP contribution is -2.48. The van der Waals surface area contributed by atoms with Gasteiger partial charge in [0, 0.05) is 31.1 Å². The zero-order chi connectivity index (χ0) is 21.1. The summed E-state index contributed by atoms with van der Waals surface area (Å²) < 4.78 is 33.7. The molecule has 1 atom stereocenters. The van der Waals surface area contributed by atoms with E-state index in [4.69, 9.17) is 4.52 Å². The molecule has 30 heavy (non-hydrogen) atoms. The van der Waals surface area contributed by atoms with Crippen LogP contribution in [0.15, 0.2) is 26.9 Å². The standard InChI is InChI=1S/C21H27N3O4S2/c1-16-20(19(28-22-16)10-9-18-8-6-14-29-18)30(26,27)24-13-5-7-17(15-24)21(25)23-11-3-2-4-12-23/h6,8-10,14,17H,2-5,7,11-13,15H2,1H3/b10-9+/t17-/m0/s1. The summed E-state index contributed by atoms with van der Waals surface area (Å²) >= 11 is 1.56. The maximum absolute atomic E-state index is 13.5. The molecule has 0 spiro atoms. The maximum atomic E-state index is 13.5. The first-order valence-electron chi connectivity index (χ1n) is 10.4. The van der Waals surface area contributed by atoms with Crippen LogP contribution in [0.25, 0.3) is 12.2 Å². The van der Waals surface area contributed by atoms with E-state index in [2.05, 4.69) is 5.16 Å². The second-order valence-electron chi connectivity index (χ2n) is 7.90. The number of hydrogen-bond donors (Lipinski definition) is 0. The van der Waals surface area contributed by atoms with Gasteiger partial charge in [-0.25, -0.2) is 8.42 Å². The molecule has 2 fully saturated rings. The van der Waals surface area contributed by atoms with Crippen molar-refractivity contribution in [1.29, 1.82) is 0 Å². The number of amides is 1. The summed E-state index contributed by atoms with van der Waals surface area (Å²) in [5, 5.41) is 5.86. The second-order valence-corrected chi connectivity index (χ2v) is 10.8. The van der Waals surface area contributed by atoms with Gasteiger partial charge in [-0.1, -0.05) is 11.2 Å². The summed E-state index contributed by atoms with van der Waals surface area (Å²) in [6.45, 7) is 3.83. The Balaban J connectivity index is 1.54. The van der Waals surface area contributed by atoms with Crippen molar-refractivity contribution in [2.45, 2.75) is 43.9 Å². The lowest BCUT2D eigenvalue weighted by molar-refractivity contribution is -0.137. The number of piperidine rings is 2. The highest BCUT2D eigenvalue weighted by Crippen LogP contribution is 2.30. The van der Waals surface area contributed by atoms with E-state index >= 15 is 0 Å². The van der Waals surface area contributed by atoms with Crippen LogP contribution in [-0.4, -0.2) is 54.9 Å². The van der Waals surface area contributed by atoms with Crippen LogP contribution in [-0.2, 0) is 14.8 Å². The van der Waals surface area contributed by atoms with Crippen LogP contribution in [0.1, 0.15) is 48.4 Å². The van der Waals surface area contributed by atoms with Gasteiger partial charge in [-0.15, -0.1) is 11.3 Å². The number of aromatic nitrogens is 1. The Hall–Kier alpha value is -1.97. The molecule has 2 aliphatic rings. The summed E-state index contributed by atoms with van der Waals surface area (Å²) in [6, 6.07) is 3.88. The highest BCUT2D eigenvalue weighted by atomic mass is 32.2. The van der Waals surface area contributed by atoms with Gasteiger partial charge in [0.15, 0.2) is 10.7 Å². The van der Waals surface area contributed by atoms with Crippen molar-refractivity contribution >= 4 is 39.4 Å². The molecule has 2 saturated heterocycles. The predicted octanol–water partition coefficient (Wildman–Crippen LogP) is 3.63. The minimum Gasteiger partial charge on any atom is -0.355 e. The molecule has 2 aromatic heterocycles. The van der Waals surface area contributed by atoms with E-state index in [0.717, 1.165) is 43.6 Å². The lowest BCUT2D eigenvalue weighted by atomic mass is 9.97. The average Bonchev–Trinajstić information content (AvgIpc) is 3.42. The van der Waals surface area contributed by atoms with Gasteiger partial charge in [-0.3, -0.25) is 4.79 Å². The normalized spacial score (nSPS) is 21.4. The van der Waals surface area contributed by atoms with Crippen LogP contribution in [0.5, 0.6) is 0 Å². The predicted molar refractivity (Wildman–Crippen MR) is 116 cm³/mol. The highest BCUT2D eigenvalue weighted by molar-refractivity contribution is 7.89. The summed E-state index contributed by atoms with van der Waals surface area (Å²) in [4.78, 5) is 15.9. The molecule has 0 aliphatic carbocycles. The van der Waals surface area contributed by atoms with E-state index in [1.165, 1.54) is 4.31 Å². The summed E-state index contributed by atoms with van der Waals surface area (Å²) in [7, 11) is -3.81. The monoisotopic (exact) mass is 449 g/mol. The van der Waals surface area contributed by atoms with Crippen molar-refractivity contribution in [3.8, 4) is 0 Å². The molecular weight excluding hydrogens is 422 g/mol. The summed E-state index contributed by atoms with van der Waals surface area (Å²) in [6.07, 6.45) is 8.09. The number of sulfonamides is 1. The third kappa shape index (κ3) is 4.38. The van der Waals surface area contributed by atoms with Crippen LogP contribution in [0, 0.1) is 12.8 Å². The van der Waals surface area contributed by atoms with E-state index in [-0.39, 0.29) is 29.0 Å². The van der Waals surface area contributed by atoms with Crippen LogP contribution in [0.2, 0.25) is 0 Å². The van der Waals surface area contributed by atoms with Gasteiger partial charge in [0.2, 0.25) is 15.9 Å². The fourth-order valence-corrected chi connectivity index (χ4v) is 6.60. The van der Waals surface area contributed by atoms with Gasteiger partial charge in [0.1, 0.15) is 5.69 Å². The van der Waals surface area contributed by atoms with Crippen molar-refractivity contribution in [3.05, 3.63) is 33.8 Å². The fourth-order valence-electron chi connectivity index (χ4n) is 4.21. The Morgan fingerprint density at radius 3 is 2.73 bits per heavy atom. The highest BCUT2D eigenvalue weighted by Gasteiger charge is 2.38. The van der Waals surface area contributed by atoms with Crippen molar-refractivity contribution < 1.29 is 17.7 Å². The van der Waals surface area contributed by atoms with E-state index in [0.29, 0.717) is 18.7 Å². The van der Waals surface area contributed by atoms with Crippen LogP contribution >= 0.6 is 11.3 Å². The molecule has 162 valence electrons. The number of likely N-dealkylation sites (tertiary alicyclic amines) is 1. The molecule has 0 radical (unpaired) electrons. The molecule has 0 unspecified atom stereocenters. The lowest BCUT2D eigenvalue weighted by Gasteiger charge is -2.35. The number of thiophene rings is 1. The Bertz CT molecular complexity index is 1010. The van der Waals surface area contributed by atoms with Gasteiger partial charge in [0.05, 0.1) is 5.92 Å². The van der Waals surface area contributed by atoms with Crippen LogP contribution < -0.4 is 0 Å². The van der Waals surface area contributed by atoms with Crippen molar-refractivity contribution in [1.82, 2.24) is 14.4 Å². The number of nitrogens with zero attached hydrogens (tertiary/aromatic N) is 3. The van der Waals surface area contributed by atoms with E-state index in [1.807, 2.05) is 28.5 Å². The van der Waals surface area contributed by atoms with Gasteiger partial charge < -0.3 is 9.42 Å². The van der Waals surface area contributed by atoms with Crippen molar-refractivity contribution in [2.75, 3.05) is 26.2 Å². The van der Waals surface area contributed by atoms with Crippen molar-refractivity contribution in [2.24, 2.45) is 5.92 Å². The Kier molecular flexibility index (Phi) is 6.40. The minimum atomic E-state index is -3.81. The minimum absolute atomic E-state index is 0.0921. The van der Waals surface area contributed by atoms with Crippen LogP contribution in [0.4, 0.5) is 0 Å². The number of aryl methyl sites for hydroxylation is 1. The summed E-state index contributed by atoms with van der Waals surface area (Å²) in [5.74, 6) is 0.0386. The quantitative estimate of drug-likeness (QED) is 0.696. The average molecular weight is 450 g/mol. The molecule has 4 heterocycles. The number of rotatable bonds is 5. The molecular formula is C21H27N3O4S2. The third-order valence-corrected chi connectivity index (χ3v) is 8.64. The Morgan fingerprint density at radius 1 is 1.20 bits per heavy atom. The maximum Gasteiger partial charge on any atom is 0.248 e. The smallest absolute Gasteiger partial charge is 0.248 e. The fraction of sp³-hybridized carbons (Fsp3) is 0.524. The number of carbonyl (C=O) groups is 1. The topological polar surface area (TPSA) is 83.7 Å². The zero-order valence-corrected chi connectivity index (χ0v) is 18.8. The second kappa shape index (κ2) is 9.03. The zero-order valence-electron chi connectivity index (χ0n) is 17.1. The molecule has 9 heteroatoms. The third-order valence-electron chi connectivity index (χ3n) is 5.77. The molecule has 0 aromatic carbocycles. The van der Waals surface area contributed by atoms with Gasteiger partial charge in [-0.05, 0) is 62.6 Å². The molecule has 0 saturated carbocycles. The molecule has 7 nitrogen and oxygen atoms in total. The van der Waals surface area contributed by atoms with Crippen LogP contribution in [0.3, 0.4) is 0 Å². The Labute approximate surface area is 181 Å².